The molecule has 0 heterocycles. The van der Waals surface area contributed by atoms with E-state index in [1.807, 2.05) is 6.07 Å². The lowest BCUT2D eigenvalue weighted by molar-refractivity contribution is 0.0568. The molecule has 0 atom stereocenters. The molecule has 0 spiro atoms. The van der Waals surface area contributed by atoms with Gasteiger partial charge in [0.05, 0.1) is 0 Å². The van der Waals surface area contributed by atoms with Crippen LogP contribution in [-0.2, 0) is 4.74 Å². The number of rotatable bonds is 3. The Morgan fingerprint density at radius 1 is 1.11 bits per heavy atom. The van der Waals surface area contributed by atoms with E-state index >= 15 is 0 Å². The zero-order chi connectivity index (χ0) is 13.6. The summed E-state index contributed by atoms with van der Waals surface area (Å²) in [6, 6.07) is 8.86. The maximum atomic E-state index is 11.6. The molecule has 1 aromatic carbocycles. The predicted octanol–water partition coefficient (Wildman–Crippen LogP) is 1.21. The smallest absolute Gasteiger partial charge is 0.445 e. The van der Waals surface area contributed by atoms with Gasteiger partial charge in [-0.05, 0) is 32.9 Å². The molecule has 0 bridgehead atoms. The summed E-state index contributed by atoms with van der Waals surface area (Å²) in [4.78, 5) is 23.0. The van der Waals surface area contributed by atoms with Crippen molar-refractivity contribution in [3.8, 4) is 0 Å². The van der Waals surface area contributed by atoms with Crippen molar-refractivity contribution in [2.45, 2.75) is 26.4 Å². The number of hydrogen-bond donors (Lipinski definition) is 2. The summed E-state index contributed by atoms with van der Waals surface area (Å²) in [6.45, 7) is 5.37. The molecule has 6 heteroatoms. The Labute approximate surface area is 113 Å². The van der Waals surface area contributed by atoms with E-state index in [1.54, 1.807) is 45.0 Å². The lowest BCUT2D eigenvalue weighted by Gasteiger charge is -2.19. The highest BCUT2D eigenvalue weighted by Gasteiger charge is 2.16. The van der Waals surface area contributed by atoms with E-state index in [9.17, 15) is 9.59 Å². The molecule has 0 aliphatic carbocycles. The van der Waals surface area contributed by atoms with E-state index < -0.39 is 27.4 Å². The van der Waals surface area contributed by atoms with Gasteiger partial charge in [-0.3, -0.25) is 4.79 Å². The molecule has 0 unspecified atom stereocenters. The standard InChI is InChI=1S/C7H7NO.C5H11NO2.Al.H/c8-7(9)6-4-2-1-3-5-6;1-5(2,3)8-4(6)7;;/h1-5H,(H2,8,9);1-3H3,(H2,6,7);;/q;;+2;/p-2. The molecular weight excluding hydrogens is 247 g/mol. The van der Waals surface area contributed by atoms with Crippen LogP contribution >= 0.6 is 0 Å². The predicted molar refractivity (Wildman–Crippen MR) is 70.4 cm³/mol. The van der Waals surface area contributed by atoms with E-state index in [1.165, 1.54) is 0 Å². The number of nitrogens with one attached hydrogen (secondary N) is 2. The van der Waals surface area contributed by atoms with Crippen molar-refractivity contribution >= 4 is 27.7 Å². The highest BCUT2D eigenvalue weighted by Crippen LogP contribution is 2.05. The van der Waals surface area contributed by atoms with E-state index in [2.05, 4.69) is 8.60 Å². The summed E-state index contributed by atoms with van der Waals surface area (Å²) >= 11 is -1.22. The fourth-order valence-corrected chi connectivity index (χ4v) is 1.87. The second-order valence-electron chi connectivity index (χ2n) is 4.73. The first-order valence-corrected chi connectivity index (χ1v) is 7.10. The average Bonchev–Trinajstić information content (AvgIpc) is 2.27. The highest BCUT2D eigenvalue weighted by molar-refractivity contribution is 6.39. The Bertz CT molecular complexity index is 415. The summed E-state index contributed by atoms with van der Waals surface area (Å²) in [5, 5.41) is 0. The Hall–Kier alpha value is -1.51. The van der Waals surface area contributed by atoms with Crippen LogP contribution in [0.25, 0.3) is 0 Å². The summed E-state index contributed by atoms with van der Waals surface area (Å²) < 4.78 is 10.3. The van der Waals surface area contributed by atoms with Gasteiger partial charge in [-0.15, -0.1) is 0 Å². The number of carbonyl (C=O) groups excluding carboxylic acids is 2. The molecule has 2 amide bonds. The molecule has 1 aromatic rings. The second-order valence-corrected chi connectivity index (χ2v) is 5.79. The lowest BCUT2D eigenvalue weighted by atomic mass is 10.2. The summed E-state index contributed by atoms with van der Waals surface area (Å²) in [7, 11) is 0. The number of benzene rings is 1. The summed E-state index contributed by atoms with van der Waals surface area (Å²) in [5.74, 6) is -0.182. The molecule has 1 rings (SSSR count). The quantitative estimate of drug-likeness (QED) is 0.806. The summed E-state index contributed by atoms with van der Waals surface area (Å²) in [6.07, 6.45) is -0.498. The summed E-state index contributed by atoms with van der Waals surface area (Å²) in [5.41, 5.74) is 0.0537. The molecule has 0 aliphatic rings. The van der Waals surface area contributed by atoms with Crippen molar-refractivity contribution in [3.05, 3.63) is 35.9 Å². The van der Waals surface area contributed by atoms with Gasteiger partial charge in [-0.2, -0.15) is 0 Å². The van der Waals surface area contributed by atoms with E-state index in [0.717, 1.165) is 0 Å². The monoisotopic (exact) mass is 264 g/mol. The van der Waals surface area contributed by atoms with Gasteiger partial charge in [-0.25, -0.2) is 4.79 Å². The van der Waals surface area contributed by atoms with Crippen LogP contribution in [0.1, 0.15) is 31.1 Å². The van der Waals surface area contributed by atoms with Gasteiger partial charge in [0.2, 0.25) is 5.91 Å². The maximum Gasteiger partial charge on any atom is 0.551 e. The van der Waals surface area contributed by atoms with Crippen molar-refractivity contribution in [1.29, 1.82) is 0 Å². The van der Waals surface area contributed by atoms with Gasteiger partial charge in [0, 0.05) is 5.56 Å². The SMILES string of the molecule is CC(C)(C)OC(=O)[NH][AlH][NH]C(=O)c1ccccc1. The third-order valence-electron chi connectivity index (χ3n) is 1.92. The molecule has 5 nitrogen and oxygen atoms in total. The minimum atomic E-state index is -1.22. The number of carbonyl (C=O) groups is 2. The first-order chi connectivity index (χ1) is 8.38. The number of amides is 2. The molecule has 2 N–H and O–H groups in total. The van der Waals surface area contributed by atoms with Gasteiger partial charge in [0.1, 0.15) is 5.60 Å². The maximum absolute atomic E-state index is 11.6. The number of ether oxygens (including phenoxy) is 1. The van der Waals surface area contributed by atoms with Crippen molar-refractivity contribution in [3.63, 3.8) is 0 Å². The van der Waals surface area contributed by atoms with Gasteiger partial charge in [0.15, 0.2) is 0 Å². The molecule has 0 saturated heterocycles. The third-order valence-corrected chi connectivity index (χ3v) is 2.88. The molecular formula is C12H17AlN2O3. The van der Waals surface area contributed by atoms with Gasteiger partial charge >= 0.3 is 21.8 Å². The normalized spacial score (nSPS) is 10.4. The van der Waals surface area contributed by atoms with Crippen molar-refractivity contribution in [2.24, 2.45) is 0 Å². The molecule has 0 fully saturated rings. The molecule has 96 valence electrons. The highest BCUT2D eigenvalue weighted by atomic mass is 27.1. The van der Waals surface area contributed by atoms with Crippen LogP contribution in [0.3, 0.4) is 0 Å². The second kappa shape index (κ2) is 6.43. The Kier molecular flexibility index (Phi) is 5.20. The van der Waals surface area contributed by atoms with Gasteiger partial charge in [0.25, 0.3) is 0 Å². The molecule has 0 radical (unpaired) electrons. The van der Waals surface area contributed by atoms with Crippen LogP contribution in [-0.4, -0.2) is 33.3 Å². The van der Waals surface area contributed by atoms with E-state index in [0.29, 0.717) is 5.56 Å². The largest absolute Gasteiger partial charge is 0.551 e. The van der Waals surface area contributed by atoms with Crippen LogP contribution in [0.4, 0.5) is 4.79 Å². The molecule has 0 saturated carbocycles. The Balaban J connectivity index is 2.30. The van der Waals surface area contributed by atoms with E-state index in [-0.39, 0.29) is 5.91 Å². The van der Waals surface area contributed by atoms with Gasteiger partial charge in [-0.1, -0.05) is 18.2 Å². The average molecular weight is 264 g/mol. The van der Waals surface area contributed by atoms with Crippen molar-refractivity contribution < 1.29 is 14.3 Å². The first-order valence-electron chi connectivity index (χ1n) is 5.68. The van der Waals surface area contributed by atoms with Crippen LogP contribution in [0.2, 0.25) is 0 Å². The zero-order valence-corrected chi connectivity index (χ0v) is 12.2. The third kappa shape index (κ3) is 5.71. The first kappa shape index (κ1) is 14.6. The van der Waals surface area contributed by atoms with Crippen LogP contribution in [0.15, 0.2) is 30.3 Å². The topological polar surface area (TPSA) is 67.4 Å². The minimum absolute atomic E-state index is 0.182. The van der Waals surface area contributed by atoms with Crippen LogP contribution < -0.4 is 8.60 Å². The van der Waals surface area contributed by atoms with Crippen molar-refractivity contribution in [2.75, 3.05) is 0 Å². The minimum Gasteiger partial charge on any atom is -0.445 e. The Morgan fingerprint density at radius 2 is 1.72 bits per heavy atom. The molecule has 0 aliphatic heterocycles. The molecule has 0 aromatic heterocycles. The zero-order valence-electron chi connectivity index (χ0n) is 10.8. The van der Waals surface area contributed by atoms with E-state index in [4.69, 9.17) is 4.74 Å². The van der Waals surface area contributed by atoms with Crippen LogP contribution in [0, 0.1) is 0 Å². The lowest BCUT2D eigenvalue weighted by Crippen LogP contribution is -2.43. The van der Waals surface area contributed by atoms with Gasteiger partial charge < -0.3 is 13.3 Å². The fraction of sp³-hybridized carbons (Fsp3) is 0.333. The fourth-order valence-electron chi connectivity index (χ4n) is 1.20. The van der Waals surface area contributed by atoms with Crippen molar-refractivity contribution in [1.82, 2.24) is 8.60 Å². The Morgan fingerprint density at radius 3 is 2.28 bits per heavy atom. The number of hydrogen-bond acceptors (Lipinski definition) is 3. The van der Waals surface area contributed by atoms with Crippen LogP contribution in [0.5, 0.6) is 0 Å². The molecule has 18 heavy (non-hydrogen) atoms.